The molecule has 0 aliphatic carbocycles. The van der Waals surface area contributed by atoms with Crippen LogP contribution in [0.25, 0.3) is 0 Å². The zero-order chi connectivity index (χ0) is 9.10. The van der Waals surface area contributed by atoms with Crippen LogP contribution in [0.3, 0.4) is 0 Å². The lowest BCUT2D eigenvalue weighted by Gasteiger charge is -2.25. The largest absolute Gasteiger partial charge is 0.309 e. The lowest BCUT2D eigenvalue weighted by atomic mass is 9.97. The van der Waals surface area contributed by atoms with Crippen LogP contribution in [0.15, 0.2) is 18.3 Å². The summed E-state index contributed by atoms with van der Waals surface area (Å²) in [5.74, 6) is 0. The smallest absolute Gasteiger partial charge is 0.0912 e. The van der Waals surface area contributed by atoms with Gasteiger partial charge in [-0.25, -0.2) is 0 Å². The van der Waals surface area contributed by atoms with Crippen molar-refractivity contribution in [3.63, 3.8) is 0 Å². The predicted octanol–water partition coefficient (Wildman–Crippen LogP) is 1.63. The molecule has 2 rings (SSSR count). The third-order valence-electron chi connectivity index (χ3n) is 2.45. The number of halogens is 1. The fraction of sp³-hybridized carbons (Fsp3) is 0.500. The molecule has 0 radical (unpaired) electrons. The lowest BCUT2D eigenvalue weighted by Crippen LogP contribution is -2.30. The highest BCUT2D eigenvalue weighted by Gasteiger charge is 2.19. The molecule has 1 N–H and O–H groups in total. The summed E-state index contributed by atoms with van der Waals surface area (Å²) in [6, 6.07) is 4.12. The molecule has 1 aliphatic rings. The maximum atomic E-state index is 12.2. The van der Waals surface area contributed by atoms with Crippen LogP contribution in [0.4, 0.5) is 4.39 Å². The molecule has 70 valence electrons. The van der Waals surface area contributed by atoms with E-state index in [4.69, 9.17) is 0 Å². The van der Waals surface area contributed by atoms with Gasteiger partial charge in [0.1, 0.15) is 0 Å². The van der Waals surface area contributed by atoms with Crippen molar-refractivity contribution in [1.29, 1.82) is 0 Å². The molecular formula is C10H13FN2. The van der Waals surface area contributed by atoms with E-state index in [0.717, 1.165) is 18.7 Å². The van der Waals surface area contributed by atoms with Gasteiger partial charge in [0.2, 0.25) is 0 Å². The number of hydrogen-bond donors (Lipinski definition) is 1. The SMILES string of the molecule is FCCC1NCCc2ncccc21. The summed E-state index contributed by atoms with van der Waals surface area (Å²) in [7, 11) is 0. The summed E-state index contributed by atoms with van der Waals surface area (Å²) in [5.41, 5.74) is 2.30. The Morgan fingerprint density at radius 2 is 2.54 bits per heavy atom. The third kappa shape index (κ3) is 1.70. The maximum absolute atomic E-state index is 12.2. The van der Waals surface area contributed by atoms with Gasteiger partial charge in [-0.1, -0.05) is 6.07 Å². The Morgan fingerprint density at radius 3 is 3.38 bits per heavy atom. The molecule has 0 bridgehead atoms. The van der Waals surface area contributed by atoms with E-state index in [1.165, 1.54) is 5.56 Å². The van der Waals surface area contributed by atoms with Crippen LogP contribution in [0.2, 0.25) is 0 Å². The van der Waals surface area contributed by atoms with Gasteiger partial charge in [-0.05, 0) is 18.1 Å². The Kier molecular flexibility index (Phi) is 2.54. The molecule has 13 heavy (non-hydrogen) atoms. The lowest BCUT2D eigenvalue weighted by molar-refractivity contribution is 0.389. The highest BCUT2D eigenvalue weighted by atomic mass is 19.1. The number of nitrogens with zero attached hydrogens (tertiary/aromatic N) is 1. The molecule has 1 aliphatic heterocycles. The molecule has 3 heteroatoms. The standard InChI is InChI=1S/C10H13FN2/c11-5-3-9-8-2-1-6-12-10(8)4-7-13-9/h1-2,6,9,13H,3-5,7H2. The number of pyridine rings is 1. The van der Waals surface area contributed by atoms with Gasteiger partial charge in [-0.15, -0.1) is 0 Å². The van der Waals surface area contributed by atoms with Crippen molar-refractivity contribution < 1.29 is 4.39 Å². The Balaban J connectivity index is 2.26. The van der Waals surface area contributed by atoms with E-state index in [-0.39, 0.29) is 12.7 Å². The highest BCUT2D eigenvalue weighted by Crippen LogP contribution is 2.23. The summed E-state index contributed by atoms with van der Waals surface area (Å²) >= 11 is 0. The van der Waals surface area contributed by atoms with Gasteiger partial charge in [0, 0.05) is 30.9 Å². The van der Waals surface area contributed by atoms with Crippen molar-refractivity contribution in [3.8, 4) is 0 Å². The molecule has 0 aromatic carbocycles. The molecule has 1 aromatic rings. The van der Waals surface area contributed by atoms with E-state index in [9.17, 15) is 4.39 Å². The Hall–Kier alpha value is -0.960. The van der Waals surface area contributed by atoms with Gasteiger partial charge < -0.3 is 5.32 Å². The second kappa shape index (κ2) is 3.83. The monoisotopic (exact) mass is 180 g/mol. The highest BCUT2D eigenvalue weighted by molar-refractivity contribution is 5.26. The Bertz CT molecular complexity index is 288. The van der Waals surface area contributed by atoms with Crippen LogP contribution in [-0.4, -0.2) is 18.2 Å². The van der Waals surface area contributed by atoms with Crippen molar-refractivity contribution in [1.82, 2.24) is 10.3 Å². The minimum Gasteiger partial charge on any atom is -0.309 e. The van der Waals surface area contributed by atoms with Crippen LogP contribution < -0.4 is 5.32 Å². The summed E-state index contributed by atoms with van der Waals surface area (Å²) in [6.45, 7) is 0.640. The van der Waals surface area contributed by atoms with Crippen LogP contribution in [0.1, 0.15) is 23.7 Å². The first-order valence-electron chi connectivity index (χ1n) is 4.65. The third-order valence-corrected chi connectivity index (χ3v) is 2.45. The molecule has 0 spiro atoms. The molecule has 1 unspecified atom stereocenters. The van der Waals surface area contributed by atoms with Gasteiger partial charge in [0.15, 0.2) is 0 Å². The fourth-order valence-corrected chi connectivity index (χ4v) is 1.82. The minimum atomic E-state index is -0.272. The molecule has 2 heterocycles. The number of fused-ring (bicyclic) bond motifs is 1. The summed E-state index contributed by atoms with van der Waals surface area (Å²) in [6.07, 6.45) is 3.31. The number of alkyl halides is 1. The quantitative estimate of drug-likeness (QED) is 0.748. The molecule has 0 fully saturated rings. The average molecular weight is 180 g/mol. The predicted molar refractivity (Wildman–Crippen MR) is 49.3 cm³/mol. The van der Waals surface area contributed by atoms with Gasteiger partial charge in [0.05, 0.1) is 6.67 Å². The van der Waals surface area contributed by atoms with E-state index < -0.39 is 0 Å². The van der Waals surface area contributed by atoms with Crippen LogP contribution in [-0.2, 0) is 6.42 Å². The van der Waals surface area contributed by atoms with Crippen molar-refractivity contribution in [2.45, 2.75) is 18.9 Å². The molecular weight excluding hydrogens is 167 g/mol. The van der Waals surface area contributed by atoms with E-state index in [0.29, 0.717) is 6.42 Å². The van der Waals surface area contributed by atoms with E-state index in [1.807, 2.05) is 12.1 Å². The zero-order valence-corrected chi connectivity index (χ0v) is 7.46. The molecule has 0 saturated heterocycles. The van der Waals surface area contributed by atoms with E-state index in [2.05, 4.69) is 10.3 Å². The second-order valence-corrected chi connectivity index (χ2v) is 3.27. The molecule has 0 amide bonds. The fourth-order valence-electron chi connectivity index (χ4n) is 1.82. The normalized spacial score (nSPS) is 21.2. The van der Waals surface area contributed by atoms with Crippen molar-refractivity contribution in [2.75, 3.05) is 13.2 Å². The molecule has 2 nitrogen and oxygen atoms in total. The van der Waals surface area contributed by atoms with Crippen molar-refractivity contribution in [3.05, 3.63) is 29.6 Å². The van der Waals surface area contributed by atoms with Gasteiger partial charge in [0.25, 0.3) is 0 Å². The minimum absolute atomic E-state index is 0.169. The summed E-state index contributed by atoms with van der Waals surface area (Å²) < 4.78 is 12.2. The summed E-state index contributed by atoms with van der Waals surface area (Å²) in [4.78, 5) is 4.29. The maximum Gasteiger partial charge on any atom is 0.0912 e. The van der Waals surface area contributed by atoms with Crippen LogP contribution in [0, 0.1) is 0 Å². The first kappa shape index (κ1) is 8.63. The van der Waals surface area contributed by atoms with Crippen LogP contribution >= 0.6 is 0 Å². The number of aromatic nitrogens is 1. The van der Waals surface area contributed by atoms with Crippen molar-refractivity contribution in [2.24, 2.45) is 0 Å². The van der Waals surface area contributed by atoms with Crippen LogP contribution in [0.5, 0.6) is 0 Å². The number of rotatable bonds is 2. The van der Waals surface area contributed by atoms with Gasteiger partial charge in [-0.3, -0.25) is 9.37 Å². The average Bonchev–Trinajstić information content (AvgIpc) is 2.19. The van der Waals surface area contributed by atoms with E-state index in [1.54, 1.807) is 6.20 Å². The Morgan fingerprint density at radius 1 is 1.62 bits per heavy atom. The Labute approximate surface area is 77.2 Å². The summed E-state index contributed by atoms with van der Waals surface area (Å²) in [5, 5.41) is 3.30. The molecule has 0 saturated carbocycles. The van der Waals surface area contributed by atoms with E-state index >= 15 is 0 Å². The first-order valence-corrected chi connectivity index (χ1v) is 4.65. The molecule has 1 aromatic heterocycles. The second-order valence-electron chi connectivity index (χ2n) is 3.27. The topological polar surface area (TPSA) is 24.9 Å². The van der Waals surface area contributed by atoms with Gasteiger partial charge >= 0.3 is 0 Å². The number of hydrogen-bond acceptors (Lipinski definition) is 2. The first-order chi connectivity index (χ1) is 6.42. The van der Waals surface area contributed by atoms with Gasteiger partial charge in [-0.2, -0.15) is 0 Å². The number of nitrogens with one attached hydrogen (secondary N) is 1. The zero-order valence-electron chi connectivity index (χ0n) is 7.46. The van der Waals surface area contributed by atoms with Crippen molar-refractivity contribution >= 4 is 0 Å². The molecule has 1 atom stereocenters.